The highest BCUT2D eigenvalue weighted by atomic mass is 35.5. The smallest absolute Gasteiger partial charge is 0.191 e. The Kier molecular flexibility index (Phi) is 7.99. The number of pyridine rings is 1. The minimum atomic E-state index is 0.444. The molecule has 3 aromatic rings. The molecule has 2 N–H and O–H groups in total. The summed E-state index contributed by atoms with van der Waals surface area (Å²) >= 11 is 12.2. The van der Waals surface area contributed by atoms with Gasteiger partial charge in [0.1, 0.15) is 17.5 Å². The van der Waals surface area contributed by atoms with Crippen molar-refractivity contribution in [1.82, 2.24) is 20.2 Å². The van der Waals surface area contributed by atoms with Crippen molar-refractivity contribution < 1.29 is 4.74 Å². The first-order valence-electron chi connectivity index (χ1n) is 9.70. The van der Waals surface area contributed by atoms with Crippen molar-refractivity contribution in [3.8, 4) is 5.75 Å². The van der Waals surface area contributed by atoms with Crippen LogP contribution >= 0.6 is 23.2 Å². The average Bonchev–Trinajstić information content (AvgIpc) is 3.02. The first kappa shape index (κ1) is 22.0. The molecule has 0 radical (unpaired) electrons. The predicted molar refractivity (Wildman–Crippen MR) is 122 cm³/mol. The molecule has 0 bridgehead atoms. The van der Waals surface area contributed by atoms with Crippen LogP contribution < -0.4 is 15.4 Å². The van der Waals surface area contributed by atoms with Crippen LogP contribution in [-0.2, 0) is 26.7 Å². The van der Waals surface area contributed by atoms with Crippen molar-refractivity contribution >= 4 is 29.2 Å². The zero-order valence-electron chi connectivity index (χ0n) is 17.0. The molecule has 2 heterocycles. The van der Waals surface area contributed by atoms with E-state index in [1.807, 2.05) is 67.1 Å². The summed E-state index contributed by atoms with van der Waals surface area (Å²) in [7, 11) is 1.88. The van der Waals surface area contributed by atoms with E-state index in [1.165, 1.54) is 0 Å². The first-order chi connectivity index (χ1) is 14.6. The van der Waals surface area contributed by atoms with Crippen LogP contribution in [0.3, 0.4) is 0 Å². The Balaban J connectivity index is 1.55. The molecule has 30 heavy (non-hydrogen) atoms. The van der Waals surface area contributed by atoms with Crippen molar-refractivity contribution in [3.63, 3.8) is 0 Å². The van der Waals surface area contributed by atoms with Gasteiger partial charge in [0.05, 0.1) is 23.8 Å². The number of aromatic nitrogens is 2. The molecule has 6 nitrogen and oxygen atoms in total. The third-order valence-corrected chi connectivity index (χ3v) is 5.29. The Hall–Kier alpha value is -2.70. The number of nitrogens with one attached hydrogen (secondary N) is 2. The van der Waals surface area contributed by atoms with Crippen molar-refractivity contribution in [2.24, 2.45) is 12.0 Å². The third-order valence-electron chi connectivity index (χ3n) is 4.45. The van der Waals surface area contributed by atoms with Gasteiger partial charge in [0.25, 0.3) is 0 Å². The normalized spacial score (nSPS) is 11.4. The molecule has 0 aliphatic rings. The highest BCUT2D eigenvalue weighted by Gasteiger charge is 2.09. The maximum absolute atomic E-state index is 6.13. The van der Waals surface area contributed by atoms with Gasteiger partial charge in [-0.1, -0.05) is 41.4 Å². The second kappa shape index (κ2) is 10.9. The molecule has 0 spiro atoms. The van der Waals surface area contributed by atoms with Crippen molar-refractivity contribution in [1.29, 1.82) is 0 Å². The summed E-state index contributed by atoms with van der Waals surface area (Å²) in [5, 5.41) is 7.63. The summed E-state index contributed by atoms with van der Waals surface area (Å²) in [6, 6.07) is 15.5. The Bertz CT molecular complexity index is 971. The van der Waals surface area contributed by atoms with Gasteiger partial charge in [0, 0.05) is 25.5 Å². The second-order valence-corrected chi connectivity index (χ2v) is 7.40. The van der Waals surface area contributed by atoms with Crippen LogP contribution in [0.2, 0.25) is 10.2 Å². The monoisotopic (exact) mass is 445 g/mol. The van der Waals surface area contributed by atoms with Crippen molar-refractivity contribution in [2.45, 2.75) is 26.6 Å². The molecular formula is C22H25Cl2N5O. The molecule has 3 rings (SSSR count). The summed E-state index contributed by atoms with van der Waals surface area (Å²) in [6.45, 7) is 4.35. The lowest BCUT2D eigenvalue weighted by molar-refractivity contribution is 0.301. The number of nitrogens with zero attached hydrogens (tertiary/aromatic N) is 3. The van der Waals surface area contributed by atoms with Gasteiger partial charge in [-0.3, -0.25) is 4.98 Å². The summed E-state index contributed by atoms with van der Waals surface area (Å²) in [5.74, 6) is 1.53. The van der Waals surface area contributed by atoms with Crippen LogP contribution in [0.1, 0.15) is 23.9 Å². The van der Waals surface area contributed by atoms with Crippen LogP contribution in [0.4, 0.5) is 0 Å². The average molecular weight is 446 g/mol. The van der Waals surface area contributed by atoms with Gasteiger partial charge in [0.15, 0.2) is 5.96 Å². The van der Waals surface area contributed by atoms with E-state index in [4.69, 9.17) is 27.9 Å². The van der Waals surface area contributed by atoms with E-state index >= 15 is 0 Å². The number of halogens is 2. The van der Waals surface area contributed by atoms with E-state index in [9.17, 15) is 0 Å². The summed E-state index contributed by atoms with van der Waals surface area (Å²) in [5.41, 5.74) is 2.96. The fourth-order valence-electron chi connectivity index (χ4n) is 2.78. The minimum absolute atomic E-state index is 0.444. The molecule has 0 atom stereocenters. The first-order valence-corrected chi connectivity index (χ1v) is 10.5. The Morgan fingerprint density at radius 1 is 1.13 bits per heavy atom. The molecule has 1 aromatic carbocycles. The number of ether oxygens (including phenoxy) is 1. The molecule has 0 aliphatic heterocycles. The Morgan fingerprint density at radius 2 is 1.93 bits per heavy atom. The molecule has 158 valence electrons. The zero-order valence-corrected chi connectivity index (χ0v) is 18.5. The molecule has 8 heteroatoms. The summed E-state index contributed by atoms with van der Waals surface area (Å²) in [4.78, 5) is 8.90. The Labute approximate surface area is 186 Å². The summed E-state index contributed by atoms with van der Waals surface area (Å²) in [6.07, 6.45) is 1.76. The maximum atomic E-state index is 6.13. The van der Waals surface area contributed by atoms with E-state index in [0.29, 0.717) is 29.9 Å². The van der Waals surface area contributed by atoms with E-state index in [2.05, 4.69) is 20.6 Å². The van der Waals surface area contributed by atoms with Gasteiger partial charge in [-0.15, -0.1) is 0 Å². The van der Waals surface area contributed by atoms with Crippen molar-refractivity contribution in [3.05, 3.63) is 81.9 Å². The van der Waals surface area contributed by atoms with Crippen LogP contribution in [0, 0.1) is 0 Å². The molecule has 0 saturated heterocycles. The van der Waals surface area contributed by atoms with Gasteiger partial charge in [0.2, 0.25) is 0 Å². The molecular weight excluding hydrogens is 421 g/mol. The number of guanidine groups is 1. The van der Waals surface area contributed by atoms with E-state index in [-0.39, 0.29) is 0 Å². The maximum Gasteiger partial charge on any atom is 0.191 e. The number of rotatable bonds is 8. The standard InChI is InChI=1S/C22H25Cl2N5O/c1-3-25-22(28-14-18-12-20(23)21(24)29(18)2)27-13-16-7-9-19(10-8-16)30-15-17-6-4-5-11-26-17/h4-12H,3,13-15H2,1-2H3,(H2,25,27,28). The highest BCUT2D eigenvalue weighted by molar-refractivity contribution is 6.41. The van der Waals surface area contributed by atoms with Crippen LogP contribution in [0.5, 0.6) is 5.75 Å². The van der Waals surface area contributed by atoms with E-state index in [0.717, 1.165) is 35.2 Å². The molecule has 0 saturated carbocycles. The van der Waals surface area contributed by atoms with Gasteiger partial charge in [-0.25, -0.2) is 4.99 Å². The lowest BCUT2D eigenvalue weighted by atomic mass is 10.2. The van der Waals surface area contributed by atoms with Crippen LogP contribution in [0.25, 0.3) is 0 Å². The fourth-order valence-corrected chi connectivity index (χ4v) is 3.19. The molecule has 0 fully saturated rings. The van der Waals surface area contributed by atoms with Crippen LogP contribution in [-0.4, -0.2) is 22.1 Å². The van der Waals surface area contributed by atoms with Gasteiger partial charge < -0.3 is 19.9 Å². The highest BCUT2D eigenvalue weighted by Crippen LogP contribution is 2.24. The third kappa shape index (κ3) is 6.15. The van der Waals surface area contributed by atoms with E-state index < -0.39 is 0 Å². The lowest BCUT2D eigenvalue weighted by Gasteiger charge is -2.12. The molecule has 0 amide bonds. The largest absolute Gasteiger partial charge is 0.487 e. The van der Waals surface area contributed by atoms with E-state index in [1.54, 1.807) is 6.20 Å². The van der Waals surface area contributed by atoms with Crippen molar-refractivity contribution in [2.75, 3.05) is 6.54 Å². The Morgan fingerprint density at radius 3 is 2.57 bits per heavy atom. The molecule has 0 unspecified atom stereocenters. The lowest BCUT2D eigenvalue weighted by Crippen LogP contribution is -2.37. The predicted octanol–water partition coefficient (Wildman–Crippen LogP) is 4.56. The zero-order chi connectivity index (χ0) is 21.3. The van der Waals surface area contributed by atoms with Gasteiger partial charge >= 0.3 is 0 Å². The fraction of sp³-hybridized carbons (Fsp3) is 0.273. The van der Waals surface area contributed by atoms with Crippen LogP contribution in [0.15, 0.2) is 59.7 Å². The second-order valence-electron chi connectivity index (χ2n) is 6.64. The number of hydrogen-bond acceptors (Lipinski definition) is 3. The SMILES string of the molecule is CCNC(=NCc1ccc(OCc2ccccn2)cc1)NCc1cc(Cl)c(Cl)n1C. The molecule has 2 aromatic heterocycles. The quantitative estimate of drug-likeness (QED) is 0.393. The van der Waals surface area contributed by atoms with Gasteiger partial charge in [-0.05, 0) is 42.8 Å². The number of hydrogen-bond donors (Lipinski definition) is 2. The molecule has 0 aliphatic carbocycles. The number of benzene rings is 1. The minimum Gasteiger partial charge on any atom is -0.487 e. The number of aliphatic imine (C=N–C) groups is 1. The topological polar surface area (TPSA) is 63.5 Å². The summed E-state index contributed by atoms with van der Waals surface area (Å²) < 4.78 is 7.63. The van der Waals surface area contributed by atoms with Gasteiger partial charge in [-0.2, -0.15) is 0 Å².